The van der Waals surface area contributed by atoms with E-state index < -0.39 is 18.0 Å². The Morgan fingerprint density at radius 3 is 2.89 bits per heavy atom. The van der Waals surface area contributed by atoms with Gasteiger partial charge in [-0.2, -0.15) is 0 Å². The van der Waals surface area contributed by atoms with Crippen LogP contribution in [0.4, 0.5) is 4.79 Å². The molecule has 0 aliphatic carbocycles. The number of aromatic nitrogens is 1. The predicted molar refractivity (Wildman–Crippen MR) is 67.1 cm³/mol. The van der Waals surface area contributed by atoms with Crippen molar-refractivity contribution in [3.8, 4) is 12.3 Å². The number of nitrogens with one attached hydrogen (secondary N) is 2. The van der Waals surface area contributed by atoms with Crippen LogP contribution in [0.1, 0.15) is 16.3 Å². The van der Waals surface area contributed by atoms with Crippen molar-refractivity contribution in [2.24, 2.45) is 0 Å². The maximum atomic E-state index is 11.4. The Hall–Kier alpha value is -2.07. The minimum atomic E-state index is -1.16. The van der Waals surface area contributed by atoms with Gasteiger partial charge in [-0.25, -0.2) is 14.6 Å². The lowest BCUT2D eigenvalue weighted by Crippen LogP contribution is -2.45. The molecule has 0 fully saturated rings. The Bertz CT molecular complexity index is 478. The Labute approximate surface area is 108 Å². The summed E-state index contributed by atoms with van der Waals surface area (Å²) in [4.78, 5) is 27.3. The molecule has 1 rings (SSSR count). The van der Waals surface area contributed by atoms with E-state index in [0.717, 1.165) is 9.88 Å². The van der Waals surface area contributed by atoms with E-state index in [1.165, 1.54) is 11.3 Å². The molecule has 0 aromatic carbocycles. The van der Waals surface area contributed by atoms with Crippen molar-refractivity contribution in [2.45, 2.75) is 25.9 Å². The molecule has 7 heteroatoms. The third-order valence-electron chi connectivity index (χ3n) is 1.99. The summed E-state index contributed by atoms with van der Waals surface area (Å²) in [6.07, 6.45) is 6.67. The van der Waals surface area contributed by atoms with Crippen LogP contribution in [0.15, 0.2) is 6.20 Å². The standard InChI is InChI=1S/C11H13N3O3S/c1-3-4-8(10(15)16)14-11(17)13-6-9-12-5-7(2)18-9/h1,5,8H,4,6H2,2H3,(H,15,16)(H2,13,14,17). The summed E-state index contributed by atoms with van der Waals surface area (Å²) in [5.41, 5.74) is 0. The average molecular weight is 267 g/mol. The molecule has 1 unspecified atom stereocenters. The quantitative estimate of drug-likeness (QED) is 0.686. The van der Waals surface area contributed by atoms with E-state index in [-0.39, 0.29) is 13.0 Å². The highest BCUT2D eigenvalue weighted by atomic mass is 32.1. The van der Waals surface area contributed by atoms with Crippen molar-refractivity contribution in [1.29, 1.82) is 0 Å². The van der Waals surface area contributed by atoms with Gasteiger partial charge >= 0.3 is 12.0 Å². The van der Waals surface area contributed by atoms with Crippen molar-refractivity contribution in [1.82, 2.24) is 15.6 Å². The summed E-state index contributed by atoms with van der Waals surface area (Å²) in [7, 11) is 0. The van der Waals surface area contributed by atoms with Crippen molar-refractivity contribution < 1.29 is 14.7 Å². The highest BCUT2D eigenvalue weighted by molar-refractivity contribution is 7.11. The molecule has 0 aliphatic heterocycles. The van der Waals surface area contributed by atoms with Crippen LogP contribution in [0.3, 0.4) is 0 Å². The first-order valence-corrected chi connectivity index (χ1v) is 5.96. The first-order valence-electron chi connectivity index (χ1n) is 5.15. The second-order valence-electron chi connectivity index (χ2n) is 3.49. The number of terminal acetylenes is 1. The maximum Gasteiger partial charge on any atom is 0.327 e. The minimum Gasteiger partial charge on any atom is -0.480 e. The normalized spacial score (nSPS) is 11.3. The van der Waals surface area contributed by atoms with E-state index >= 15 is 0 Å². The van der Waals surface area contributed by atoms with Crippen LogP contribution in [0.2, 0.25) is 0 Å². The van der Waals surface area contributed by atoms with Crippen LogP contribution < -0.4 is 10.6 Å². The fraction of sp³-hybridized carbons (Fsp3) is 0.364. The SMILES string of the molecule is C#CCC(NC(=O)NCc1ncc(C)s1)C(=O)O. The number of carbonyl (C=O) groups is 2. The number of rotatable bonds is 5. The number of nitrogens with zero attached hydrogens (tertiary/aromatic N) is 1. The monoisotopic (exact) mass is 267 g/mol. The molecule has 96 valence electrons. The van der Waals surface area contributed by atoms with Gasteiger partial charge in [0.2, 0.25) is 0 Å². The Morgan fingerprint density at radius 1 is 1.67 bits per heavy atom. The lowest BCUT2D eigenvalue weighted by Gasteiger charge is -2.12. The molecule has 0 radical (unpaired) electrons. The fourth-order valence-corrected chi connectivity index (χ4v) is 1.89. The molecule has 2 amide bonds. The predicted octanol–water partition coefficient (Wildman–Crippen LogP) is 0.727. The number of aliphatic carboxylic acids is 1. The third-order valence-corrected chi connectivity index (χ3v) is 2.91. The van der Waals surface area contributed by atoms with Crippen LogP contribution in [0.25, 0.3) is 0 Å². The van der Waals surface area contributed by atoms with Gasteiger partial charge in [-0.15, -0.1) is 23.7 Å². The summed E-state index contributed by atoms with van der Waals surface area (Å²) in [5.74, 6) is 1.04. The van der Waals surface area contributed by atoms with Gasteiger partial charge in [0.25, 0.3) is 0 Å². The summed E-state index contributed by atoms with van der Waals surface area (Å²) >= 11 is 1.46. The zero-order valence-corrected chi connectivity index (χ0v) is 10.6. The highest BCUT2D eigenvalue weighted by Gasteiger charge is 2.18. The number of thiazole rings is 1. The van der Waals surface area contributed by atoms with Gasteiger partial charge in [0.15, 0.2) is 0 Å². The van der Waals surface area contributed by atoms with Crippen LogP contribution in [0.5, 0.6) is 0 Å². The van der Waals surface area contributed by atoms with Crippen molar-refractivity contribution in [3.05, 3.63) is 16.1 Å². The molecular formula is C11H13N3O3S. The van der Waals surface area contributed by atoms with Gasteiger partial charge in [-0.3, -0.25) is 0 Å². The third kappa shape index (κ3) is 4.43. The fourth-order valence-electron chi connectivity index (χ4n) is 1.17. The summed E-state index contributed by atoms with van der Waals surface area (Å²) in [6, 6.07) is -1.65. The van der Waals surface area contributed by atoms with Crippen LogP contribution in [-0.2, 0) is 11.3 Å². The molecule has 0 aliphatic rings. The lowest BCUT2D eigenvalue weighted by molar-refractivity contribution is -0.139. The number of carboxylic acids is 1. The summed E-state index contributed by atoms with van der Waals surface area (Å²) in [6.45, 7) is 2.17. The zero-order valence-electron chi connectivity index (χ0n) is 9.77. The summed E-state index contributed by atoms with van der Waals surface area (Å²) < 4.78 is 0. The van der Waals surface area contributed by atoms with E-state index in [2.05, 4.69) is 21.5 Å². The van der Waals surface area contributed by atoms with E-state index in [0.29, 0.717) is 0 Å². The molecule has 1 heterocycles. The van der Waals surface area contributed by atoms with Crippen molar-refractivity contribution >= 4 is 23.3 Å². The van der Waals surface area contributed by atoms with Crippen LogP contribution >= 0.6 is 11.3 Å². The molecule has 1 aromatic rings. The van der Waals surface area contributed by atoms with Gasteiger partial charge in [0, 0.05) is 17.5 Å². The Morgan fingerprint density at radius 2 is 2.39 bits per heavy atom. The van der Waals surface area contributed by atoms with Gasteiger partial charge in [-0.1, -0.05) is 0 Å². The lowest BCUT2D eigenvalue weighted by atomic mass is 10.2. The number of carbonyl (C=O) groups excluding carboxylic acids is 1. The summed E-state index contributed by atoms with van der Waals surface area (Å²) in [5, 5.41) is 14.4. The molecule has 6 nitrogen and oxygen atoms in total. The van der Waals surface area contributed by atoms with E-state index in [9.17, 15) is 9.59 Å². The number of amides is 2. The van der Waals surface area contributed by atoms with Gasteiger partial charge in [0.05, 0.1) is 6.54 Å². The molecule has 0 bridgehead atoms. The van der Waals surface area contributed by atoms with E-state index in [1.807, 2.05) is 6.92 Å². The van der Waals surface area contributed by atoms with Gasteiger partial charge in [-0.05, 0) is 6.92 Å². The highest BCUT2D eigenvalue weighted by Crippen LogP contribution is 2.10. The number of hydrogen-bond acceptors (Lipinski definition) is 4. The Kier molecular flexibility index (Phi) is 5.14. The Balaban J connectivity index is 2.41. The second kappa shape index (κ2) is 6.61. The topological polar surface area (TPSA) is 91.3 Å². The van der Waals surface area contributed by atoms with Crippen LogP contribution in [-0.4, -0.2) is 28.1 Å². The van der Waals surface area contributed by atoms with E-state index in [4.69, 9.17) is 11.5 Å². The molecule has 18 heavy (non-hydrogen) atoms. The first-order chi connectivity index (χ1) is 8.52. The van der Waals surface area contributed by atoms with Crippen molar-refractivity contribution in [2.75, 3.05) is 0 Å². The largest absolute Gasteiger partial charge is 0.480 e. The molecule has 1 atom stereocenters. The number of hydrogen-bond donors (Lipinski definition) is 3. The molecule has 0 spiro atoms. The van der Waals surface area contributed by atoms with Gasteiger partial charge in [0.1, 0.15) is 11.0 Å². The molecular weight excluding hydrogens is 254 g/mol. The molecule has 1 aromatic heterocycles. The van der Waals surface area contributed by atoms with E-state index in [1.54, 1.807) is 6.20 Å². The number of aryl methyl sites for hydroxylation is 1. The number of carboxylic acid groups (broad SMARTS) is 1. The molecule has 0 saturated carbocycles. The van der Waals surface area contributed by atoms with Crippen LogP contribution in [0, 0.1) is 19.3 Å². The smallest absolute Gasteiger partial charge is 0.327 e. The number of urea groups is 1. The van der Waals surface area contributed by atoms with Crippen molar-refractivity contribution in [3.63, 3.8) is 0 Å². The minimum absolute atomic E-state index is 0.0564. The first kappa shape index (κ1) is 14.0. The van der Waals surface area contributed by atoms with Gasteiger partial charge < -0.3 is 15.7 Å². The average Bonchev–Trinajstić information content (AvgIpc) is 2.72. The maximum absolute atomic E-state index is 11.4. The zero-order chi connectivity index (χ0) is 13.5. The second-order valence-corrected chi connectivity index (χ2v) is 4.81. The molecule has 3 N–H and O–H groups in total. The molecule has 0 saturated heterocycles.